The fourth-order valence-electron chi connectivity index (χ4n) is 1.83. The topological polar surface area (TPSA) is 90.4 Å². The number of nitrogen functional groups attached to an aromatic ring is 1. The van der Waals surface area contributed by atoms with Crippen LogP contribution >= 0.6 is 0 Å². The van der Waals surface area contributed by atoms with Gasteiger partial charge in [-0.25, -0.2) is 9.78 Å². The molecule has 3 N–H and O–H groups in total. The molecule has 0 amide bonds. The van der Waals surface area contributed by atoms with Crippen molar-refractivity contribution in [3.05, 3.63) is 41.6 Å². The first-order chi connectivity index (χ1) is 9.51. The molecule has 1 heterocycles. The number of benzene rings is 1. The monoisotopic (exact) mass is 275 g/mol. The Morgan fingerprint density at radius 3 is 2.85 bits per heavy atom. The van der Waals surface area contributed by atoms with Crippen molar-refractivity contribution in [2.24, 2.45) is 0 Å². The molecule has 0 bridgehead atoms. The molecule has 2 rings (SSSR count). The van der Waals surface area contributed by atoms with Crippen LogP contribution in [0.2, 0.25) is 0 Å². The second-order valence-electron chi connectivity index (χ2n) is 4.47. The summed E-state index contributed by atoms with van der Waals surface area (Å²) in [7, 11) is 1.33. The molecular weight excluding hydrogens is 258 g/mol. The fraction of sp³-hybridized carbons (Fsp3) is 0.286. The van der Waals surface area contributed by atoms with Crippen molar-refractivity contribution >= 4 is 17.3 Å². The number of nitrogens with zero attached hydrogens (tertiary/aromatic N) is 1. The number of hydrogen-bond acceptors (Lipinski definition) is 6. The summed E-state index contributed by atoms with van der Waals surface area (Å²) in [6.45, 7) is 3.72. The largest absolute Gasteiger partial charge is 0.465 e. The SMILES string of the molecule is COC(=O)c1cc(N)ccc1NC(C)c1ncc(C)o1. The number of aryl methyl sites for hydroxylation is 1. The summed E-state index contributed by atoms with van der Waals surface area (Å²) in [5.41, 5.74) is 7.19. The Balaban J connectivity index is 2.26. The van der Waals surface area contributed by atoms with Gasteiger partial charge < -0.3 is 20.2 Å². The van der Waals surface area contributed by atoms with Gasteiger partial charge in [0.1, 0.15) is 11.8 Å². The maximum absolute atomic E-state index is 11.8. The van der Waals surface area contributed by atoms with Crippen molar-refractivity contribution in [1.29, 1.82) is 0 Å². The highest BCUT2D eigenvalue weighted by Gasteiger charge is 2.17. The first kappa shape index (κ1) is 13.9. The normalized spacial score (nSPS) is 11.9. The van der Waals surface area contributed by atoms with E-state index >= 15 is 0 Å². The number of esters is 1. The maximum Gasteiger partial charge on any atom is 0.340 e. The average Bonchev–Trinajstić information content (AvgIpc) is 2.86. The van der Waals surface area contributed by atoms with Crippen LogP contribution in [0.1, 0.15) is 35.0 Å². The second kappa shape index (κ2) is 5.64. The van der Waals surface area contributed by atoms with Gasteiger partial charge in [-0.1, -0.05) is 0 Å². The molecule has 6 nitrogen and oxygen atoms in total. The number of carbonyl (C=O) groups excluding carboxylic acids is 1. The third-order valence-electron chi connectivity index (χ3n) is 2.83. The van der Waals surface area contributed by atoms with E-state index in [0.717, 1.165) is 5.76 Å². The first-order valence-corrected chi connectivity index (χ1v) is 6.18. The lowest BCUT2D eigenvalue weighted by atomic mass is 10.1. The van der Waals surface area contributed by atoms with Crippen molar-refractivity contribution in [1.82, 2.24) is 4.98 Å². The van der Waals surface area contributed by atoms with Gasteiger partial charge in [0, 0.05) is 11.4 Å². The van der Waals surface area contributed by atoms with E-state index in [1.807, 2.05) is 13.8 Å². The van der Waals surface area contributed by atoms with E-state index in [4.69, 9.17) is 14.9 Å². The van der Waals surface area contributed by atoms with Gasteiger partial charge in [0.15, 0.2) is 0 Å². The predicted octanol–water partition coefficient (Wildman–Crippen LogP) is 2.52. The molecule has 0 fully saturated rings. The molecule has 1 atom stereocenters. The molecule has 2 aromatic rings. The van der Waals surface area contributed by atoms with E-state index in [0.29, 0.717) is 22.8 Å². The number of oxazole rings is 1. The lowest BCUT2D eigenvalue weighted by molar-refractivity contribution is 0.0602. The van der Waals surface area contributed by atoms with E-state index in [1.165, 1.54) is 7.11 Å². The number of nitrogens with one attached hydrogen (secondary N) is 1. The number of anilines is 2. The van der Waals surface area contributed by atoms with Crippen LogP contribution in [-0.2, 0) is 4.74 Å². The van der Waals surface area contributed by atoms with Gasteiger partial charge in [-0.05, 0) is 32.0 Å². The van der Waals surface area contributed by atoms with Gasteiger partial charge in [0.2, 0.25) is 5.89 Å². The van der Waals surface area contributed by atoms with Crippen molar-refractivity contribution in [2.75, 3.05) is 18.2 Å². The van der Waals surface area contributed by atoms with Crippen molar-refractivity contribution in [3.8, 4) is 0 Å². The molecule has 1 aromatic heterocycles. The summed E-state index contributed by atoms with van der Waals surface area (Å²) in [5, 5.41) is 3.17. The summed E-state index contributed by atoms with van der Waals surface area (Å²) < 4.78 is 10.2. The highest BCUT2D eigenvalue weighted by atomic mass is 16.5. The van der Waals surface area contributed by atoms with Gasteiger partial charge in [-0.2, -0.15) is 0 Å². The molecule has 0 aliphatic carbocycles. The van der Waals surface area contributed by atoms with Crippen LogP contribution in [0.3, 0.4) is 0 Å². The smallest absolute Gasteiger partial charge is 0.340 e. The molecule has 1 aromatic carbocycles. The Labute approximate surface area is 116 Å². The molecule has 20 heavy (non-hydrogen) atoms. The molecule has 6 heteroatoms. The van der Waals surface area contributed by atoms with Crippen LogP contribution in [-0.4, -0.2) is 18.1 Å². The average molecular weight is 275 g/mol. The summed E-state index contributed by atoms with van der Waals surface area (Å²) >= 11 is 0. The quantitative estimate of drug-likeness (QED) is 0.658. The Bertz CT molecular complexity index is 622. The van der Waals surface area contributed by atoms with Gasteiger partial charge >= 0.3 is 5.97 Å². The van der Waals surface area contributed by atoms with Crippen LogP contribution in [0.5, 0.6) is 0 Å². The number of carbonyl (C=O) groups is 1. The van der Waals surface area contributed by atoms with Gasteiger partial charge in [0.05, 0.1) is 18.9 Å². The zero-order chi connectivity index (χ0) is 14.7. The van der Waals surface area contributed by atoms with Gasteiger partial charge in [0.25, 0.3) is 0 Å². The van der Waals surface area contributed by atoms with E-state index in [9.17, 15) is 4.79 Å². The zero-order valence-corrected chi connectivity index (χ0v) is 11.6. The molecule has 0 saturated carbocycles. The summed E-state index contributed by atoms with van der Waals surface area (Å²) in [5.74, 6) is 0.838. The Morgan fingerprint density at radius 1 is 1.50 bits per heavy atom. The summed E-state index contributed by atoms with van der Waals surface area (Å²) in [6, 6.07) is 4.83. The Kier molecular flexibility index (Phi) is 3.93. The second-order valence-corrected chi connectivity index (χ2v) is 4.47. The molecule has 1 unspecified atom stereocenters. The van der Waals surface area contributed by atoms with Crippen molar-refractivity contribution in [2.45, 2.75) is 19.9 Å². The molecule has 0 radical (unpaired) electrons. The third kappa shape index (κ3) is 2.90. The minimum atomic E-state index is -0.449. The first-order valence-electron chi connectivity index (χ1n) is 6.18. The predicted molar refractivity (Wildman–Crippen MR) is 75.5 cm³/mol. The number of hydrogen-bond donors (Lipinski definition) is 2. The molecule has 0 saturated heterocycles. The Hall–Kier alpha value is -2.50. The minimum absolute atomic E-state index is 0.185. The number of methoxy groups -OCH3 is 1. The van der Waals surface area contributed by atoms with E-state index in [-0.39, 0.29) is 6.04 Å². The van der Waals surface area contributed by atoms with E-state index < -0.39 is 5.97 Å². The minimum Gasteiger partial charge on any atom is -0.465 e. The summed E-state index contributed by atoms with van der Waals surface area (Å²) in [4.78, 5) is 15.9. The third-order valence-corrected chi connectivity index (χ3v) is 2.83. The number of aromatic nitrogens is 1. The molecule has 0 aliphatic heterocycles. The highest BCUT2D eigenvalue weighted by Crippen LogP contribution is 2.24. The highest BCUT2D eigenvalue weighted by molar-refractivity contribution is 5.96. The standard InChI is InChI=1S/C14H17N3O3/c1-8-7-16-13(20-8)9(2)17-12-5-4-10(15)6-11(12)14(18)19-3/h4-7,9,17H,15H2,1-3H3. The van der Waals surface area contributed by atoms with Gasteiger partial charge in [-0.3, -0.25) is 0 Å². The van der Waals surface area contributed by atoms with Crippen LogP contribution < -0.4 is 11.1 Å². The van der Waals surface area contributed by atoms with E-state index in [2.05, 4.69) is 10.3 Å². The molecule has 0 spiro atoms. The van der Waals surface area contributed by atoms with Crippen molar-refractivity contribution in [3.63, 3.8) is 0 Å². The molecule has 0 aliphatic rings. The Morgan fingerprint density at radius 2 is 2.25 bits per heavy atom. The van der Waals surface area contributed by atoms with Crippen LogP contribution in [0.15, 0.2) is 28.8 Å². The van der Waals surface area contributed by atoms with Crippen molar-refractivity contribution < 1.29 is 13.9 Å². The summed E-state index contributed by atoms with van der Waals surface area (Å²) in [6.07, 6.45) is 1.65. The number of ether oxygens (including phenoxy) is 1. The zero-order valence-electron chi connectivity index (χ0n) is 11.6. The van der Waals surface area contributed by atoms with Crippen LogP contribution in [0.4, 0.5) is 11.4 Å². The van der Waals surface area contributed by atoms with Gasteiger partial charge in [-0.15, -0.1) is 0 Å². The van der Waals surface area contributed by atoms with Crippen LogP contribution in [0, 0.1) is 6.92 Å². The number of rotatable bonds is 4. The van der Waals surface area contributed by atoms with E-state index in [1.54, 1.807) is 24.4 Å². The molecule has 106 valence electrons. The fourth-order valence-corrected chi connectivity index (χ4v) is 1.83. The maximum atomic E-state index is 11.8. The van der Waals surface area contributed by atoms with Crippen LogP contribution in [0.25, 0.3) is 0 Å². The molecular formula is C14H17N3O3. The lowest BCUT2D eigenvalue weighted by Crippen LogP contribution is -2.12. The number of nitrogens with two attached hydrogens (primary N) is 1. The lowest BCUT2D eigenvalue weighted by Gasteiger charge is -2.15.